The fourth-order valence-electron chi connectivity index (χ4n) is 3.52. The van der Waals surface area contributed by atoms with Crippen LogP contribution in [0.4, 0.5) is 0 Å². The molecule has 0 nitrogen and oxygen atoms in total. The summed E-state index contributed by atoms with van der Waals surface area (Å²) in [6.07, 6.45) is 13.8. The van der Waals surface area contributed by atoms with Crippen LogP contribution in [0, 0.1) is 11.3 Å². The Hall–Kier alpha value is 0. The van der Waals surface area contributed by atoms with Crippen LogP contribution in [0.25, 0.3) is 0 Å². The van der Waals surface area contributed by atoms with Crippen LogP contribution < -0.4 is 0 Å². The van der Waals surface area contributed by atoms with Gasteiger partial charge >= 0.3 is 0 Å². The zero-order valence-corrected chi connectivity index (χ0v) is 8.44. The maximum absolute atomic E-state index is 2.46. The molecule has 0 bridgehead atoms. The first-order valence-corrected chi connectivity index (χ1v) is 5.81. The zero-order chi connectivity index (χ0) is 8.44. The smallest absolute Gasteiger partial charge is 0.0295 e. The van der Waals surface area contributed by atoms with Crippen molar-refractivity contribution in [1.29, 1.82) is 0 Å². The average molecular weight is 166 g/mol. The fourth-order valence-corrected chi connectivity index (χ4v) is 3.52. The SMILES string of the molecule is CC1CCCCC2(CCCC2)C1. The first-order valence-electron chi connectivity index (χ1n) is 5.81. The summed E-state index contributed by atoms with van der Waals surface area (Å²) in [5.74, 6) is 1.02. The summed E-state index contributed by atoms with van der Waals surface area (Å²) in [5, 5.41) is 0. The molecule has 0 aromatic carbocycles. The summed E-state index contributed by atoms with van der Waals surface area (Å²) in [7, 11) is 0. The predicted octanol–water partition coefficient (Wildman–Crippen LogP) is 4.15. The van der Waals surface area contributed by atoms with Crippen LogP contribution in [0.15, 0.2) is 0 Å². The highest BCUT2D eigenvalue weighted by Crippen LogP contribution is 2.49. The molecule has 70 valence electrons. The highest BCUT2D eigenvalue weighted by Gasteiger charge is 2.35. The second kappa shape index (κ2) is 3.40. The first kappa shape index (κ1) is 8.59. The topological polar surface area (TPSA) is 0 Å². The van der Waals surface area contributed by atoms with E-state index in [2.05, 4.69) is 6.92 Å². The van der Waals surface area contributed by atoms with Gasteiger partial charge in [0, 0.05) is 0 Å². The molecule has 0 aliphatic heterocycles. The minimum Gasteiger partial charge on any atom is -0.0625 e. The molecule has 0 heterocycles. The molecule has 0 amide bonds. The van der Waals surface area contributed by atoms with Crippen LogP contribution in [0.3, 0.4) is 0 Å². The minimum absolute atomic E-state index is 0.829. The van der Waals surface area contributed by atoms with E-state index in [0.717, 1.165) is 11.3 Å². The van der Waals surface area contributed by atoms with Gasteiger partial charge in [0.1, 0.15) is 0 Å². The van der Waals surface area contributed by atoms with Gasteiger partial charge in [-0.05, 0) is 37.0 Å². The molecule has 2 aliphatic carbocycles. The molecule has 2 saturated carbocycles. The van der Waals surface area contributed by atoms with Crippen molar-refractivity contribution >= 4 is 0 Å². The lowest BCUT2D eigenvalue weighted by Gasteiger charge is -2.29. The molecular formula is C12H22. The van der Waals surface area contributed by atoms with E-state index >= 15 is 0 Å². The van der Waals surface area contributed by atoms with E-state index in [1.165, 1.54) is 32.1 Å². The Bertz CT molecular complexity index is 142. The molecule has 2 rings (SSSR count). The third-order valence-electron chi connectivity index (χ3n) is 4.10. The standard InChI is InChI=1S/C12H22/c1-11-6-2-3-7-12(10-11)8-4-5-9-12/h11H,2-10H2,1H3. The molecule has 1 unspecified atom stereocenters. The predicted molar refractivity (Wildman–Crippen MR) is 53.2 cm³/mol. The Morgan fingerprint density at radius 3 is 2.17 bits per heavy atom. The van der Waals surface area contributed by atoms with E-state index in [1.807, 2.05) is 0 Å². The molecule has 2 fully saturated rings. The van der Waals surface area contributed by atoms with Crippen LogP contribution in [-0.4, -0.2) is 0 Å². The molecule has 2 aliphatic rings. The maximum atomic E-state index is 2.46. The van der Waals surface area contributed by atoms with Gasteiger partial charge in [-0.25, -0.2) is 0 Å². The van der Waals surface area contributed by atoms with Crippen molar-refractivity contribution in [1.82, 2.24) is 0 Å². The van der Waals surface area contributed by atoms with Gasteiger partial charge in [-0.3, -0.25) is 0 Å². The van der Waals surface area contributed by atoms with Crippen molar-refractivity contribution in [3.8, 4) is 0 Å². The van der Waals surface area contributed by atoms with E-state index in [1.54, 1.807) is 25.7 Å². The quantitative estimate of drug-likeness (QED) is 0.507. The van der Waals surface area contributed by atoms with E-state index in [4.69, 9.17) is 0 Å². The molecule has 0 saturated heterocycles. The Morgan fingerprint density at radius 1 is 0.917 bits per heavy atom. The van der Waals surface area contributed by atoms with Crippen LogP contribution in [0.2, 0.25) is 0 Å². The molecule has 0 aromatic rings. The Kier molecular flexibility index (Phi) is 2.43. The van der Waals surface area contributed by atoms with Crippen LogP contribution in [0.5, 0.6) is 0 Å². The van der Waals surface area contributed by atoms with Crippen molar-refractivity contribution in [3.05, 3.63) is 0 Å². The normalized spacial score (nSPS) is 35.2. The Morgan fingerprint density at radius 2 is 1.50 bits per heavy atom. The summed E-state index contributed by atoms with van der Waals surface area (Å²) in [6.45, 7) is 2.46. The highest BCUT2D eigenvalue weighted by atomic mass is 14.4. The number of rotatable bonds is 0. The molecule has 0 aromatic heterocycles. The second-order valence-corrected chi connectivity index (χ2v) is 5.26. The first-order chi connectivity index (χ1) is 5.81. The van der Waals surface area contributed by atoms with E-state index in [-0.39, 0.29) is 0 Å². The van der Waals surface area contributed by atoms with Gasteiger partial charge in [-0.15, -0.1) is 0 Å². The largest absolute Gasteiger partial charge is 0.0625 e. The molecule has 0 N–H and O–H groups in total. The summed E-state index contributed by atoms with van der Waals surface area (Å²) < 4.78 is 0. The summed E-state index contributed by atoms with van der Waals surface area (Å²) >= 11 is 0. The van der Waals surface area contributed by atoms with Gasteiger partial charge in [-0.2, -0.15) is 0 Å². The lowest BCUT2D eigenvalue weighted by Crippen LogP contribution is -2.17. The van der Waals surface area contributed by atoms with Crippen molar-refractivity contribution in [2.45, 2.75) is 64.7 Å². The molecule has 1 spiro atoms. The van der Waals surface area contributed by atoms with Gasteiger partial charge < -0.3 is 0 Å². The van der Waals surface area contributed by atoms with Crippen molar-refractivity contribution in [3.63, 3.8) is 0 Å². The molecule has 1 atom stereocenters. The van der Waals surface area contributed by atoms with E-state index < -0.39 is 0 Å². The van der Waals surface area contributed by atoms with Crippen molar-refractivity contribution in [2.75, 3.05) is 0 Å². The zero-order valence-electron chi connectivity index (χ0n) is 8.44. The average Bonchev–Trinajstić information content (AvgIpc) is 2.39. The van der Waals surface area contributed by atoms with Crippen LogP contribution in [0.1, 0.15) is 64.7 Å². The summed E-state index contributed by atoms with van der Waals surface area (Å²) in [6, 6.07) is 0. The number of hydrogen-bond acceptors (Lipinski definition) is 0. The van der Waals surface area contributed by atoms with Gasteiger partial charge in [-0.1, -0.05) is 39.0 Å². The lowest BCUT2D eigenvalue weighted by molar-refractivity contribution is 0.224. The van der Waals surface area contributed by atoms with Crippen molar-refractivity contribution in [2.24, 2.45) is 11.3 Å². The van der Waals surface area contributed by atoms with Crippen LogP contribution >= 0.6 is 0 Å². The third-order valence-corrected chi connectivity index (χ3v) is 4.10. The Labute approximate surface area is 76.7 Å². The minimum atomic E-state index is 0.829. The monoisotopic (exact) mass is 166 g/mol. The molecular weight excluding hydrogens is 144 g/mol. The summed E-state index contributed by atoms with van der Waals surface area (Å²) in [4.78, 5) is 0. The fraction of sp³-hybridized carbons (Fsp3) is 1.00. The maximum Gasteiger partial charge on any atom is -0.0295 e. The van der Waals surface area contributed by atoms with Crippen LogP contribution in [-0.2, 0) is 0 Å². The van der Waals surface area contributed by atoms with Crippen molar-refractivity contribution < 1.29 is 0 Å². The van der Waals surface area contributed by atoms with E-state index in [9.17, 15) is 0 Å². The van der Waals surface area contributed by atoms with Gasteiger partial charge in [0.05, 0.1) is 0 Å². The third kappa shape index (κ3) is 1.67. The molecule has 0 radical (unpaired) electrons. The van der Waals surface area contributed by atoms with Gasteiger partial charge in [0.15, 0.2) is 0 Å². The van der Waals surface area contributed by atoms with E-state index in [0.29, 0.717) is 0 Å². The lowest BCUT2D eigenvalue weighted by atomic mass is 9.76. The Balaban J connectivity index is 2.02. The second-order valence-electron chi connectivity index (χ2n) is 5.26. The van der Waals surface area contributed by atoms with Gasteiger partial charge in [0.2, 0.25) is 0 Å². The molecule has 0 heteroatoms. The highest BCUT2D eigenvalue weighted by molar-refractivity contribution is 4.87. The number of hydrogen-bond donors (Lipinski definition) is 0. The van der Waals surface area contributed by atoms with Gasteiger partial charge in [0.25, 0.3) is 0 Å². The summed E-state index contributed by atoms with van der Waals surface area (Å²) in [5.41, 5.74) is 0.829. The molecule has 12 heavy (non-hydrogen) atoms.